The Morgan fingerprint density at radius 2 is 2.00 bits per heavy atom. The first-order valence-electron chi connectivity index (χ1n) is 9.43. The largest absolute Gasteiger partial charge is 0.331 e. The maximum Gasteiger partial charge on any atom is 0.331 e. The van der Waals surface area contributed by atoms with E-state index in [0.717, 1.165) is 28.3 Å². The summed E-state index contributed by atoms with van der Waals surface area (Å²) in [6.45, 7) is 7.21. The van der Waals surface area contributed by atoms with Gasteiger partial charge >= 0.3 is 6.03 Å². The molecule has 0 fully saturated rings. The normalized spacial score (nSPS) is 14.3. The van der Waals surface area contributed by atoms with Crippen LogP contribution in [0, 0.1) is 12.7 Å². The molecule has 0 radical (unpaired) electrons. The van der Waals surface area contributed by atoms with E-state index in [9.17, 15) is 23.0 Å². The number of hydrogen-bond donors (Lipinski definition) is 2. The van der Waals surface area contributed by atoms with Crippen LogP contribution in [0.15, 0.2) is 58.7 Å². The quantitative estimate of drug-likeness (QED) is 0.607. The fourth-order valence-electron chi connectivity index (χ4n) is 3.01. The molecule has 0 spiro atoms. The molecule has 1 aliphatic heterocycles. The van der Waals surface area contributed by atoms with Crippen LogP contribution in [0.2, 0.25) is 0 Å². The first-order valence-corrected chi connectivity index (χ1v) is 11.5. The van der Waals surface area contributed by atoms with Crippen molar-refractivity contribution in [3.63, 3.8) is 0 Å². The van der Waals surface area contributed by atoms with E-state index in [1.54, 1.807) is 30.5 Å². The highest BCUT2D eigenvalue weighted by molar-refractivity contribution is 8.17. The Bertz CT molecular complexity index is 1180. The number of nitrogens with zero attached hydrogens (tertiary/aromatic N) is 1. The molecule has 3 rings (SSSR count). The molecular formula is C22H20FN3O4S2. The molecule has 1 heterocycles. The number of imide groups is 1. The number of halogens is 1. The van der Waals surface area contributed by atoms with Crippen LogP contribution in [-0.2, 0) is 22.2 Å². The highest BCUT2D eigenvalue weighted by atomic mass is 32.2. The van der Waals surface area contributed by atoms with Gasteiger partial charge in [0, 0.05) is 11.3 Å². The summed E-state index contributed by atoms with van der Waals surface area (Å²) in [7, 11) is -1.85. The third kappa shape index (κ3) is 5.14. The van der Waals surface area contributed by atoms with Gasteiger partial charge in [0.1, 0.15) is 5.82 Å². The minimum Gasteiger partial charge on any atom is -0.307 e. The number of fused-ring (bicyclic) bond motifs is 1. The third-order valence-corrected chi connectivity index (χ3v) is 6.66. The van der Waals surface area contributed by atoms with Crippen molar-refractivity contribution < 1.29 is 23.0 Å². The van der Waals surface area contributed by atoms with Gasteiger partial charge in [-0.3, -0.25) is 14.3 Å². The maximum atomic E-state index is 14.8. The van der Waals surface area contributed by atoms with Gasteiger partial charge in [-0.2, -0.15) is 0 Å². The molecule has 10 heteroatoms. The van der Waals surface area contributed by atoms with E-state index in [1.165, 1.54) is 12.1 Å². The summed E-state index contributed by atoms with van der Waals surface area (Å²) in [5.74, 6) is -2.02. The second kappa shape index (κ2) is 9.92. The van der Waals surface area contributed by atoms with Crippen LogP contribution < -0.4 is 14.9 Å². The number of urea groups is 1. The topological polar surface area (TPSA) is 95.6 Å². The zero-order chi connectivity index (χ0) is 23.4. The van der Waals surface area contributed by atoms with Crippen LogP contribution >= 0.6 is 11.8 Å². The van der Waals surface area contributed by atoms with Crippen molar-refractivity contribution in [2.24, 2.45) is 0 Å². The van der Waals surface area contributed by atoms with E-state index >= 15 is 0 Å². The molecule has 0 bridgehead atoms. The molecule has 166 valence electrons. The standard InChI is InChI=1S/C22H20FN3O4S2/c1-4-9-31-14(3)32(30)25-22(29)24-16-7-8-19(18(23)12-16)26-20(27)11-15-6-5-13(2)10-17(15)21(26)28/h4-10,12H,3,11H2,1-2H3,(H2,24,25,29)/b9-4-. The van der Waals surface area contributed by atoms with Crippen molar-refractivity contribution in [3.8, 4) is 0 Å². The number of thioether (sulfide) groups is 1. The fourth-order valence-corrected chi connectivity index (χ4v) is 4.28. The van der Waals surface area contributed by atoms with Crippen LogP contribution in [0.1, 0.15) is 28.4 Å². The highest BCUT2D eigenvalue weighted by Gasteiger charge is 2.33. The van der Waals surface area contributed by atoms with E-state index in [0.29, 0.717) is 11.1 Å². The summed E-state index contributed by atoms with van der Waals surface area (Å²) in [6, 6.07) is 7.92. The Kier molecular flexibility index (Phi) is 7.26. The Labute approximate surface area is 191 Å². The Balaban J connectivity index is 1.75. The van der Waals surface area contributed by atoms with E-state index in [1.807, 2.05) is 13.0 Å². The van der Waals surface area contributed by atoms with Gasteiger partial charge < -0.3 is 5.32 Å². The molecule has 2 aromatic rings. The minimum atomic E-state index is -1.85. The molecule has 2 N–H and O–H groups in total. The van der Waals surface area contributed by atoms with Gasteiger partial charge in [-0.1, -0.05) is 42.1 Å². The van der Waals surface area contributed by atoms with Crippen LogP contribution in [0.5, 0.6) is 0 Å². The van der Waals surface area contributed by atoms with Gasteiger partial charge in [0.25, 0.3) is 5.91 Å². The van der Waals surface area contributed by atoms with Crippen LogP contribution in [0.4, 0.5) is 20.6 Å². The lowest BCUT2D eigenvalue weighted by molar-refractivity contribution is -0.117. The number of amides is 4. The van der Waals surface area contributed by atoms with Gasteiger partial charge in [0.05, 0.1) is 16.3 Å². The number of allylic oxidation sites excluding steroid dienone is 1. The van der Waals surface area contributed by atoms with Crippen molar-refractivity contribution in [1.82, 2.24) is 4.72 Å². The molecule has 1 unspecified atom stereocenters. The third-order valence-electron chi connectivity index (χ3n) is 4.46. The Morgan fingerprint density at radius 1 is 1.25 bits per heavy atom. The van der Waals surface area contributed by atoms with Gasteiger partial charge in [0.15, 0.2) is 11.0 Å². The fraction of sp³-hybridized carbons (Fsp3) is 0.136. The molecule has 2 aromatic carbocycles. The van der Waals surface area contributed by atoms with E-state index in [4.69, 9.17) is 0 Å². The minimum absolute atomic E-state index is 0.0237. The van der Waals surface area contributed by atoms with Gasteiger partial charge in [-0.15, -0.1) is 0 Å². The predicted octanol–water partition coefficient (Wildman–Crippen LogP) is 4.39. The number of carbonyl (C=O) groups excluding carboxylic acids is 3. The number of benzene rings is 2. The lowest BCUT2D eigenvalue weighted by atomic mass is 9.96. The average Bonchev–Trinajstić information content (AvgIpc) is 2.74. The Hall–Kier alpha value is -3.24. The summed E-state index contributed by atoms with van der Waals surface area (Å²) >= 11 is 1.10. The van der Waals surface area contributed by atoms with Gasteiger partial charge in [-0.05, 0) is 49.1 Å². The SMILES string of the molecule is C=C(S/C=C\C)S(=O)NC(=O)Nc1ccc(N2C(=O)Cc3ccc(C)cc3C2=O)c(F)c1. The van der Waals surface area contributed by atoms with E-state index in [2.05, 4.69) is 16.6 Å². The Morgan fingerprint density at radius 3 is 2.69 bits per heavy atom. The average molecular weight is 474 g/mol. The van der Waals surface area contributed by atoms with Crippen molar-refractivity contribution in [1.29, 1.82) is 0 Å². The molecule has 32 heavy (non-hydrogen) atoms. The number of hydrogen-bond acceptors (Lipinski definition) is 5. The van der Waals surface area contributed by atoms with Gasteiger partial charge in [-0.25, -0.2) is 18.3 Å². The molecule has 0 saturated heterocycles. The zero-order valence-electron chi connectivity index (χ0n) is 17.3. The summed E-state index contributed by atoms with van der Waals surface area (Å²) in [4.78, 5) is 38.3. The second-order valence-corrected chi connectivity index (χ2v) is 9.32. The summed E-state index contributed by atoms with van der Waals surface area (Å²) in [6.07, 6.45) is 1.71. The first-order chi connectivity index (χ1) is 15.2. The monoisotopic (exact) mass is 473 g/mol. The van der Waals surface area contributed by atoms with Crippen molar-refractivity contribution in [2.75, 3.05) is 10.2 Å². The molecule has 4 amide bonds. The smallest absolute Gasteiger partial charge is 0.307 e. The number of carbonyl (C=O) groups is 3. The predicted molar refractivity (Wildman–Crippen MR) is 125 cm³/mol. The second-order valence-electron chi connectivity index (χ2n) is 6.82. The first kappa shape index (κ1) is 23.4. The molecule has 1 aliphatic rings. The van der Waals surface area contributed by atoms with Gasteiger partial charge in [0.2, 0.25) is 5.91 Å². The molecule has 0 aromatic heterocycles. The lowest BCUT2D eigenvalue weighted by Gasteiger charge is -2.27. The number of rotatable bonds is 6. The molecule has 7 nitrogen and oxygen atoms in total. The number of anilines is 2. The molecule has 0 saturated carbocycles. The molecular weight excluding hydrogens is 453 g/mol. The zero-order valence-corrected chi connectivity index (χ0v) is 18.9. The highest BCUT2D eigenvalue weighted by Crippen LogP contribution is 2.29. The van der Waals surface area contributed by atoms with E-state index in [-0.39, 0.29) is 22.0 Å². The van der Waals surface area contributed by atoms with E-state index < -0.39 is 34.6 Å². The molecule has 0 aliphatic carbocycles. The van der Waals surface area contributed by atoms with Crippen molar-refractivity contribution in [2.45, 2.75) is 20.3 Å². The number of nitrogens with one attached hydrogen (secondary N) is 2. The summed E-state index contributed by atoms with van der Waals surface area (Å²) in [5.41, 5.74) is 1.64. The van der Waals surface area contributed by atoms with Crippen molar-refractivity contribution in [3.05, 3.63) is 81.2 Å². The van der Waals surface area contributed by atoms with Crippen LogP contribution in [0.25, 0.3) is 0 Å². The number of aryl methyl sites for hydroxylation is 1. The maximum absolute atomic E-state index is 14.8. The van der Waals surface area contributed by atoms with Crippen LogP contribution in [0.3, 0.4) is 0 Å². The summed E-state index contributed by atoms with van der Waals surface area (Å²) in [5, 5.41) is 4.02. The van der Waals surface area contributed by atoms with Crippen molar-refractivity contribution >= 4 is 52.0 Å². The lowest BCUT2D eigenvalue weighted by Crippen LogP contribution is -2.43. The molecule has 1 atom stereocenters. The van der Waals surface area contributed by atoms with Crippen LogP contribution in [-0.4, -0.2) is 22.1 Å². The summed E-state index contributed by atoms with van der Waals surface area (Å²) < 4.78 is 29.2.